The van der Waals surface area contributed by atoms with Crippen molar-refractivity contribution in [3.63, 3.8) is 0 Å². The molecule has 0 aliphatic carbocycles. The Kier molecular flexibility index (Phi) is 72.7. The van der Waals surface area contributed by atoms with Crippen LogP contribution in [0.4, 0.5) is 0 Å². The molecule has 4 aromatic carbocycles. The van der Waals surface area contributed by atoms with E-state index in [0.29, 0.717) is 137 Å². The summed E-state index contributed by atoms with van der Waals surface area (Å²) in [5, 5.41) is 21.8. The number of benzene rings is 4. The van der Waals surface area contributed by atoms with E-state index in [4.69, 9.17) is 114 Å². The highest BCUT2D eigenvalue weighted by atomic mass is 16.6. The van der Waals surface area contributed by atoms with Gasteiger partial charge >= 0.3 is 11.9 Å². The van der Waals surface area contributed by atoms with Crippen LogP contribution in [-0.4, -0.2) is 315 Å². The van der Waals surface area contributed by atoms with E-state index in [1.165, 1.54) is 13.8 Å². The van der Waals surface area contributed by atoms with Crippen LogP contribution in [0, 0.1) is 0 Å². The Balaban J connectivity index is 0.00000176. The van der Waals surface area contributed by atoms with Crippen molar-refractivity contribution in [1.82, 2.24) is 0 Å². The smallest absolute Gasteiger partial charge is 0.310 e. The van der Waals surface area contributed by atoms with Gasteiger partial charge in [0.15, 0.2) is 0 Å². The number of aliphatic hydroxyl groups is 2. The molecule has 29 heteroatoms. The van der Waals surface area contributed by atoms with Crippen molar-refractivity contribution in [3.05, 3.63) is 180 Å². The Bertz CT molecular complexity index is 3660. The highest BCUT2D eigenvalue weighted by Crippen LogP contribution is 2.29. The van der Waals surface area contributed by atoms with Crippen molar-refractivity contribution in [2.75, 3.05) is 196 Å². The van der Waals surface area contributed by atoms with Crippen molar-refractivity contribution >= 4 is 45.4 Å². The average Bonchev–Trinajstić information content (AvgIpc) is 0.811. The Hall–Kier alpha value is -7.06. The highest BCUT2D eigenvalue weighted by molar-refractivity contribution is 5.82. The van der Waals surface area contributed by atoms with E-state index in [0.717, 1.165) is 66.8 Å². The predicted molar refractivity (Wildman–Crippen MR) is 542 cm³/mol. The maximum Gasteiger partial charge on any atom is 0.310 e. The fourth-order valence-corrected chi connectivity index (χ4v) is 11.9. The maximum atomic E-state index is 10.9. The lowest BCUT2D eigenvalue weighted by molar-refractivity contribution is -0.156. The molecule has 2 N–H and O–H groups in total. The predicted octanol–water partition coefficient (Wildman–Crippen LogP) is 18.0. The molecule has 0 heterocycles. The quantitative estimate of drug-likeness (QED) is 0.0236. The fourth-order valence-electron chi connectivity index (χ4n) is 11.9. The molecule has 18 atom stereocenters. The van der Waals surface area contributed by atoms with Crippen LogP contribution in [0.1, 0.15) is 204 Å². The minimum Gasteiger partial charge on any atom is -0.496 e. The lowest BCUT2D eigenvalue weighted by atomic mass is 9.91. The van der Waals surface area contributed by atoms with E-state index >= 15 is 0 Å². The molecular formula is C108H178O29. The summed E-state index contributed by atoms with van der Waals surface area (Å²) in [6.07, 6.45) is 5.13. The van der Waals surface area contributed by atoms with E-state index in [9.17, 15) is 19.8 Å². The van der Waals surface area contributed by atoms with Gasteiger partial charge < -0.3 is 129 Å². The second kappa shape index (κ2) is 76.6. The first kappa shape index (κ1) is 130. The largest absolute Gasteiger partial charge is 0.496 e. The first-order valence-corrected chi connectivity index (χ1v) is 47.3. The second-order valence-electron chi connectivity index (χ2n) is 35.4. The zero-order valence-electron chi connectivity index (χ0n) is 89.1. The summed E-state index contributed by atoms with van der Waals surface area (Å²) < 4.78 is 137. The standard InChI is InChI=1S/C26H46O8.3C26H42O6.C4H6O3/c1-19(13-29-7)31-15-21(3)33-17-25(5,27)23-9-11-24(12-10-23)26(6,28)18-34-22(4)16-32-20(2)14-30-8;3*1-19(13-29-23(5)17-31-21(3)15-27-7)25-9-11-26(12-10-25)20(2)14-30-24(6)18-32-22(4)16-28-8;1-3(5)7-4(2)6/h9-12,19-22,27-28H,13-18H2,1-8H3;9-14,21-24H,15-18H2,1-8H3;9-12,14,21-24H,1,13,15-18H2,2-8H3;9-12,21-24H,1-2,13-18H2,3-8H3;1-2H3. The first-order chi connectivity index (χ1) is 64.8. The van der Waals surface area contributed by atoms with E-state index in [1.54, 1.807) is 114 Å². The topological polar surface area (TPSA) is 305 Å². The summed E-state index contributed by atoms with van der Waals surface area (Å²) in [7, 11) is 13.3. The van der Waals surface area contributed by atoms with Crippen LogP contribution in [-0.2, 0) is 139 Å². The number of methoxy groups -OCH3 is 8. The molecule has 4 rings (SSSR count). The average molecular weight is 1940 g/mol. The third kappa shape index (κ3) is 64.9. The zero-order valence-corrected chi connectivity index (χ0v) is 89.1. The van der Waals surface area contributed by atoms with Gasteiger partial charge in [-0.2, -0.15) is 0 Å². The molecule has 4 aromatic rings. The monoisotopic (exact) mass is 1940 g/mol. The van der Waals surface area contributed by atoms with Crippen molar-refractivity contribution in [2.45, 2.75) is 268 Å². The number of esters is 2. The van der Waals surface area contributed by atoms with E-state index < -0.39 is 23.1 Å². The molecule has 0 amide bonds. The van der Waals surface area contributed by atoms with E-state index in [-0.39, 0.29) is 111 Å². The summed E-state index contributed by atoms with van der Waals surface area (Å²) >= 11 is 0. The SMILES string of the molecule is C=C(COC(C)COC(C)COC)c1ccc(C(=C)COC(C)COC(C)COC)cc1.C=C(COC(C)COC(C)COC)c1ccc(C(C)=COC(C)COC(C)COC)cc1.CC(=O)OC(C)=O.COCC(C)OCC(C)OC=C(C)c1ccc(C(C)=COC(C)COC(C)COC)cc1.COCC(C)OCC(C)OCC(C)(O)c1ccc(C(C)(O)COC(C)COC(C)COC)cc1. The van der Waals surface area contributed by atoms with Gasteiger partial charge in [-0.1, -0.05) is 117 Å². The molecule has 29 nitrogen and oxygen atoms in total. The number of carbonyl (C=O) groups is 2. The third-order valence-electron chi connectivity index (χ3n) is 20.2. The molecule has 0 saturated carbocycles. The van der Waals surface area contributed by atoms with Crippen LogP contribution in [0.15, 0.2) is 136 Å². The van der Waals surface area contributed by atoms with Crippen LogP contribution in [0.2, 0.25) is 0 Å². The molecule has 0 aliphatic heterocycles. The number of ether oxygens (including phenoxy) is 25. The molecular weight excluding hydrogens is 1760 g/mol. The Labute approximate surface area is 823 Å². The molecule has 0 bridgehead atoms. The van der Waals surface area contributed by atoms with Gasteiger partial charge in [0.25, 0.3) is 0 Å². The summed E-state index contributed by atoms with van der Waals surface area (Å²) in [5.41, 5.74) is 11.4. The summed E-state index contributed by atoms with van der Waals surface area (Å²) in [6.45, 7) is 65.9. The van der Waals surface area contributed by atoms with Gasteiger partial charge in [-0.25, -0.2) is 0 Å². The van der Waals surface area contributed by atoms with Crippen molar-refractivity contribution in [3.8, 4) is 0 Å². The number of rotatable bonds is 69. The fraction of sp³-hybridized carbons (Fsp3) is 0.648. The second-order valence-corrected chi connectivity index (χ2v) is 35.4. The highest BCUT2D eigenvalue weighted by Gasteiger charge is 2.29. The molecule has 137 heavy (non-hydrogen) atoms. The number of hydrogen-bond acceptors (Lipinski definition) is 29. The number of hydrogen-bond donors (Lipinski definition) is 2. The van der Waals surface area contributed by atoms with Crippen LogP contribution in [0.5, 0.6) is 0 Å². The van der Waals surface area contributed by atoms with Gasteiger partial charge in [-0.15, -0.1) is 0 Å². The van der Waals surface area contributed by atoms with Crippen LogP contribution in [0.25, 0.3) is 33.4 Å². The number of carbonyl (C=O) groups excluding carboxylic acids is 2. The van der Waals surface area contributed by atoms with Gasteiger partial charge in [0.05, 0.1) is 237 Å². The zero-order chi connectivity index (χ0) is 103. The van der Waals surface area contributed by atoms with Crippen molar-refractivity contribution in [1.29, 1.82) is 0 Å². The lowest BCUT2D eigenvalue weighted by Gasteiger charge is -2.29. The van der Waals surface area contributed by atoms with Gasteiger partial charge in [-0.3, -0.25) is 9.59 Å². The van der Waals surface area contributed by atoms with Gasteiger partial charge in [-0.05, 0) is 223 Å². The Morgan fingerprint density at radius 1 is 0.255 bits per heavy atom. The van der Waals surface area contributed by atoms with Crippen molar-refractivity contribution in [2.24, 2.45) is 0 Å². The first-order valence-electron chi connectivity index (χ1n) is 47.3. The van der Waals surface area contributed by atoms with Crippen molar-refractivity contribution < 1.29 is 138 Å². The minimum atomic E-state index is -1.18. The maximum absolute atomic E-state index is 10.9. The lowest BCUT2D eigenvalue weighted by Crippen LogP contribution is -2.33. The van der Waals surface area contributed by atoms with Gasteiger partial charge in [0, 0.05) is 70.7 Å². The van der Waals surface area contributed by atoms with Crippen LogP contribution in [0.3, 0.4) is 0 Å². The van der Waals surface area contributed by atoms with Crippen LogP contribution >= 0.6 is 0 Å². The number of allylic oxidation sites excluding steroid dienone is 3. The molecule has 0 aliphatic rings. The summed E-state index contributed by atoms with van der Waals surface area (Å²) in [4.78, 5) is 19.6. The summed E-state index contributed by atoms with van der Waals surface area (Å²) in [6, 6.07) is 31.9. The molecule has 0 spiro atoms. The molecule has 0 aromatic heterocycles. The van der Waals surface area contributed by atoms with E-state index in [2.05, 4.69) is 73.0 Å². The van der Waals surface area contributed by atoms with Gasteiger partial charge in [0.1, 0.15) is 29.5 Å². The van der Waals surface area contributed by atoms with Crippen LogP contribution < -0.4 is 0 Å². The molecule has 784 valence electrons. The normalized spacial score (nSPS) is 16.2. The Morgan fingerprint density at radius 2 is 0.416 bits per heavy atom. The summed E-state index contributed by atoms with van der Waals surface area (Å²) in [5.74, 6) is -1.12. The van der Waals surface area contributed by atoms with E-state index in [1.807, 2.05) is 156 Å². The molecule has 0 fully saturated rings. The molecule has 0 radical (unpaired) electrons. The minimum absolute atomic E-state index is 0.0175. The third-order valence-corrected chi connectivity index (χ3v) is 20.2. The molecule has 18 unspecified atom stereocenters. The Morgan fingerprint density at radius 3 is 0.584 bits per heavy atom. The van der Waals surface area contributed by atoms with Gasteiger partial charge in [0.2, 0.25) is 0 Å². The molecule has 0 saturated heterocycles.